The molecule has 4 rings (SSSR count). The third-order valence-corrected chi connectivity index (χ3v) is 4.78. The number of hydrogen-bond acceptors (Lipinski definition) is 7. The molecule has 30 heavy (non-hydrogen) atoms. The lowest BCUT2D eigenvalue weighted by molar-refractivity contribution is 0.302. The maximum atomic E-state index is 6.05. The summed E-state index contributed by atoms with van der Waals surface area (Å²) in [5.41, 5.74) is 3.97. The van der Waals surface area contributed by atoms with Crippen molar-refractivity contribution < 1.29 is 13.8 Å². The molecular formula is C23H24N4O3. The third-order valence-electron chi connectivity index (χ3n) is 4.78. The Morgan fingerprint density at radius 3 is 2.30 bits per heavy atom. The Labute approximate surface area is 175 Å². The van der Waals surface area contributed by atoms with Gasteiger partial charge in [0.15, 0.2) is 5.82 Å². The first-order valence-electron chi connectivity index (χ1n) is 10.0. The number of rotatable bonds is 8. The number of nitrogens with zero attached hydrogens (tertiary/aromatic N) is 4. The van der Waals surface area contributed by atoms with Crippen LogP contribution in [0.15, 0.2) is 51.5 Å². The Kier molecular flexibility index (Phi) is 5.88. The second-order valence-corrected chi connectivity index (χ2v) is 7.26. The van der Waals surface area contributed by atoms with E-state index in [4.69, 9.17) is 13.8 Å². The van der Waals surface area contributed by atoms with Crippen molar-refractivity contribution in [2.45, 2.75) is 40.0 Å². The van der Waals surface area contributed by atoms with Crippen LogP contribution in [0.5, 0.6) is 5.75 Å². The van der Waals surface area contributed by atoms with Crippen LogP contribution in [0, 0.1) is 20.8 Å². The van der Waals surface area contributed by atoms with E-state index in [1.807, 2.05) is 56.3 Å². The Bertz CT molecular complexity index is 1100. The predicted octanol–water partition coefficient (Wildman–Crippen LogP) is 5.11. The van der Waals surface area contributed by atoms with Crippen molar-refractivity contribution >= 4 is 0 Å². The molecule has 7 nitrogen and oxygen atoms in total. The molecule has 0 atom stereocenters. The van der Waals surface area contributed by atoms with E-state index < -0.39 is 0 Å². The van der Waals surface area contributed by atoms with Crippen molar-refractivity contribution in [3.63, 3.8) is 0 Å². The quantitative estimate of drug-likeness (QED) is 0.377. The van der Waals surface area contributed by atoms with Crippen LogP contribution in [0.2, 0.25) is 0 Å². The molecule has 0 amide bonds. The Morgan fingerprint density at radius 2 is 1.60 bits per heavy atom. The van der Waals surface area contributed by atoms with E-state index in [1.54, 1.807) is 6.92 Å². The highest BCUT2D eigenvalue weighted by Crippen LogP contribution is 2.29. The van der Waals surface area contributed by atoms with Gasteiger partial charge in [0.25, 0.3) is 5.89 Å². The molecular weight excluding hydrogens is 380 g/mol. The molecule has 2 aromatic carbocycles. The molecule has 2 aromatic heterocycles. The standard InChI is InChI=1S/C23H24N4O3/c1-15-13-19(22-24-17(3)29-27-22)14-16(2)21(15)28-12-8-7-11-20-25-23(30-26-20)18-9-5-4-6-10-18/h4-6,9-10,13-14H,7-8,11-12H2,1-3H3. The highest BCUT2D eigenvalue weighted by Gasteiger charge is 2.12. The number of unbranched alkanes of at least 4 members (excludes halogenated alkanes) is 1. The molecule has 0 N–H and O–H groups in total. The fraction of sp³-hybridized carbons (Fsp3) is 0.304. The summed E-state index contributed by atoms with van der Waals surface area (Å²) >= 11 is 0. The lowest BCUT2D eigenvalue weighted by Crippen LogP contribution is -2.02. The highest BCUT2D eigenvalue weighted by molar-refractivity contribution is 5.61. The topological polar surface area (TPSA) is 87.1 Å². The molecule has 0 saturated heterocycles. The van der Waals surface area contributed by atoms with Crippen molar-refractivity contribution in [3.05, 3.63) is 65.3 Å². The van der Waals surface area contributed by atoms with Crippen molar-refractivity contribution in [3.8, 4) is 28.6 Å². The first-order valence-corrected chi connectivity index (χ1v) is 10.0. The van der Waals surface area contributed by atoms with Gasteiger partial charge in [0, 0.05) is 24.5 Å². The van der Waals surface area contributed by atoms with Gasteiger partial charge in [-0.2, -0.15) is 9.97 Å². The van der Waals surface area contributed by atoms with Gasteiger partial charge >= 0.3 is 0 Å². The SMILES string of the molecule is Cc1nc(-c2cc(C)c(OCCCCc3noc(-c4ccccc4)n3)c(C)c2)no1. The largest absolute Gasteiger partial charge is 0.493 e. The second kappa shape index (κ2) is 8.90. The zero-order valence-corrected chi connectivity index (χ0v) is 17.4. The first kappa shape index (κ1) is 19.8. The number of hydrogen-bond donors (Lipinski definition) is 0. The molecule has 4 aromatic rings. The molecule has 0 unspecified atom stereocenters. The predicted molar refractivity (Wildman–Crippen MR) is 112 cm³/mol. The summed E-state index contributed by atoms with van der Waals surface area (Å²) in [6.45, 7) is 6.48. The molecule has 0 spiro atoms. The summed E-state index contributed by atoms with van der Waals surface area (Å²) < 4.78 is 16.5. The van der Waals surface area contributed by atoms with Gasteiger partial charge < -0.3 is 13.8 Å². The van der Waals surface area contributed by atoms with Crippen molar-refractivity contribution in [1.82, 2.24) is 20.3 Å². The third kappa shape index (κ3) is 4.56. The minimum Gasteiger partial charge on any atom is -0.493 e. The number of aromatic nitrogens is 4. The van der Waals surface area contributed by atoms with Crippen molar-refractivity contribution in [2.24, 2.45) is 0 Å². The smallest absolute Gasteiger partial charge is 0.257 e. The zero-order valence-electron chi connectivity index (χ0n) is 17.4. The zero-order chi connectivity index (χ0) is 20.9. The van der Waals surface area contributed by atoms with E-state index in [-0.39, 0.29) is 0 Å². The average molecular weight is 404 g/mol. The fourth-order valence-corrected chi connectivity index (χ4v) is 3.34. The highest BCUT2D eigenvalue weighted by atomic mass is 16.5. The second-order valence-electron chi connectivity index (χ2n) is 7.26. The van der Waals surface area contributed by atoms with Gasteiger partial charge in [-0.3, -0.25) is 0 Å². The number of aryl methyl sites for hydroxylation is 4. The molecule has 0 aliphatic heterocycles. The molecule has 0 fully saturated rings. The van der Waals surface area contributed by atoms with Crippen LogP contribution in [-0.4, -0.2) is 26.9 Å². The van der Waals surface area contributed by atoms with Gasteiger partial charge in [-0.25, -0.2) is 0 Å². The molecule has 2 heterocycles. The molecule has 0 aliphatic carbocycles. The molecule has 154 valence electrons. The van der Waals surface area contributed by atoms with Gasteiger partial charge in [0.2, 0.25) is 11.7 Å². The van der Waals surface area contributed by atoms with Gasteiger partial charge in [-0.05, 0) is 62.1 Å². The molecule has 0 radical (unpaired) electrons. The van der Waals surface area contributed by atoms with Crippen molar-refractivity contribution in [1.29, 1.82) is 0 Å². The van der Waals surface area contributed by atoms with Gasteiger partial charge in [0.1, 0.15) is 5.75 Å². The average Bonchev–Trinajstić information content (AvgIpc) is 3.39. The molecule has 0 saturated carbocycles. The number of benzene rings is 2. The van der Waals surface area contributed by atoms with E-state index in [1.165, 1.54) is 0 Å². The minimum absolute atomic E-state index is 0.554. The maximum absolute atomic E-state index is 6.05. The Hall–Kier alpha value is -3.48. The van der Waals surface area contributed by atoms with Crippen LogP contribution in [0.25, 0.3) is 22.8 Å². The maximum Gasteiger partial charge on any atom is 0.257 e. The molecule has 7 heteroatoms. The normalized spacial score (nSPS) is 11.0. The van der Waals surface area contributed by atoms with Crippen LogP contribution < -0.4 is 4.74 Å². The van der Waals surface area contributed by atoms with E-state index in [2.05, 4.69) is 20.3 Å². The Balaban J connectivity index is 1.28. The van der Waals surface area contributed by atoms with E-state index in [9.17, 15) is 0 Å². The monoisotopic (exact) mass is 404 g/mol. The summed E-state index contributed by atoms with van der Waals surface area (Å²) in [4.78, 5) is 8.76. The summed E-state index contributed by atoms with van der Waals surface area (Å²) in [5.74, 6) is 3.34. The molecule has 0 aliphatic rings. The Morgan fingerprint density at radius 1 is 0.833 bits per heavy atom. The van der Waals surface area contributed by atoms with Crippen LogP contribution in [-0.2, 0) is 6.42 Å². The summed E-state index contributed by atoms with van der Waals surface area (Å²) in [5, 5.41) is 8.06. The number of ether oxygens (including phenoxy) is 1. The fourth-order valence-electron chi connectivity index (χ4n) is 3.34. The van der Waals surface area contributed by atoms with Gasteiger partial charge in [0.05, 0.1) is 6.61 Å². The van der Waals surface area contributed by atoms with Crippen LogP contribution in [0.1, 0.15) is 35.7 Å². The van der Waals surface area contributed by atoms with Crippen LogP contribution in [0.3, 0.4) is 0 Å². The minimum atomic E-state index is 0.554. The van der Waals surface area contributed by atoms with Crippen molar-refractivity contribution in [2.75, 3.05) is 6.61 Å². The summed E-state index contributed by atoms with van der Waals surface area (Å²) in [6, 6.07) is 13.8. The van der Waals surface area contributed by atoms with E-state index in [0.717, 1.165) is 53.1 Å². The summed E-state index contributed by atoms with van der Waals surface area (Å²) in [6.07, 6.45) is 2.58. The lowest BCUT2D eigenvalue weighted by Gasteiger charge is -2.13. The van der Waals surface area contributed by atoms with Gasteiger partial charge in [-0.15, -0.1) is 0 Å². The summed E-state index contributed by atoms with van der Waals surface area (Å²) in [7, 11) is 0. The first-order chi connectivity index (χ1) is 14.6. The van der Waals surface area contributed by atoms with Crippen LogP contribution in [0.4, 0.5) is 0 Å². The van der Waals surface area contributed by atoms with Crippen LogP contribution >= 0.6 is 0 Å². The molecule has 0 bridgehead atoms. The lowest BCUT2D eigenvalue weighted by atomic mass is 10.1. The van der Waals surface area contributed by atoms with E-state index >= 15 is 0 Å². The van der Waals surface area contributed by atoms with E-state index in [0.29, 0.717) is 24.2 Å². The van der Waals surface area contributed by atoms with Gasteiger partial charge in [-0.1, -0.05) is 28.5 Å².